The topological polar surface area (TPSA) is 40.1 Å². The predicted molar refractivity (Wildman–Crippen MR) is 133 cm³/mol. The van der Waals surface area contributed by atoms with Crippen LogP contribution in [0, 0.1) is 0 Å². The van der Waals surface area contributed by atoms with Crippen molar-refractivity contribution in [3.05, 3.63) is 60.2 Å². The molecule has 1 aromatic carbocycles. The fourth-order valence-electron chi connectivity index (χ4n) is 3.21. The number of nitrogens with zero attached hydrogens (tertiary/aromatic N) is 1. The van der Waals surface area contributed by atoms with E-state index < -0.39 is 5.97 Å². The highest BCUT2D eigenvalue weighted by Crippen LogP contribution is 2.08. The lowest BCUT2D eigenvalue weighted by molar-refractivity contribution is -0.884. The number of carbonyl (C=O) groups excluding carboxylic acids is 1. The molecule has 0 heterocycles. The van der Waals surface area contributed by atoms with Crippen LogP contribution in [-0.2, 0) is 11.3 Å². The van der Waals surface area contributed by atoms with Gasteiger partial charge in [0.15, 0.2) is 0 Å². The van der Waals surface area contributed by atoms with Gasteiger partial charge in [0.1, 0.15) is 6.54 Å². The minimum atomic E-state index is -0.921. The van der Waals surface area contributed by atoms with E-state index in [9.17, 15) is 9.90 Å². The summed E-state index contributed by atoms with van der Waals surface area (Å²) in [5, 5.41) is 10.2. The summed E-state index contributed by atoms with van der Waals surface area (Å²) in [5.41, 5.74) is 1.40. The molecular weight excluding hydrogens is 382 g/mol. The number of hydrogen-bond donors (Lipinski definition) is 0. The van der Waals surface area contributed by atoms with Gasteiger partial charge in [0.25, 0.3) is 0 Å². The SMILES string of the molecule is CCCCC/C=C\C/C=C\CCCCCCCC(=O)[O-].C[N+](C)(C)Cc1ccccc1. The smallest absolute Gasteiger partial charge is 0.104 e. The van der Waals surface area contributed by atoms with Gasteiger partial charge in [-0.15, -0.1) is 0 Å². The van der Waals surface area contributed by atoms with Gasteiger partial charge in [0, 0.05) is 11.5 Å². The van der Waals surface area contributed by atoms with E-state index in [0.29, 0.717) is 0 Å². The number of benzene rings is 1. The number of carboxylic acid groups (broad SMARTS) is 1. The van der Waals surface area contributed by atoms with Gasteiger partial charge >= 0.3 is 0 Å². The molecule has 0 bridgehead atoms. The van der Waals surface area contributed by atoms with Crippen molar-refractivity contribution in [2.45, 2.75) is 90.5 Å². The lowest BCUT2D eigenvalue weighted by Crippen LogP contribution is -2.33. The number of unbranched alkanes of at least 4 members (excludes halogenated alkanes) is 8. The number of aliphatic carboxylic acids is 1. The van der Waals surface area contributed by atoms with Crippen LogP contribution in [-0.4, -0.2) is 31.6 Å². The maximum absolute atomic E-state index is 10.2. The molecule has 1 aromatic rings. The summed E-state index contributed by atoms with van der Waals surface area (Å²) in [5.74, 6) is -0.921. The molecule has 0 aliphatic carbocycles. The molecule has 0 spiro atoms. The molecule has 3 heteroatoms. The second-order valence-corrected chi connectivity index (χ2v) is 9.29. The molecule has 0 saturated heterocycles. The first-order chi connectivity index (χ1) is 14.8. The average Bonchev–Trinajstić information content (AvgIpc) is 2.71. The maximum Gasteiger partial charge on any atom is 0.104 e. The number of hydrogen-bond acceptors (Lipinski definition) is 2. The summed E-state index contributed by atoms with van der Waals surface area (Å²) in [7, 11) is 6.60. The molecule has 0 saturated carbocycles. The molecule has 0 atom stereocenters. The van der Waals surface area contributed by atoms with E-state index in [1.165, 1.54) is 44.1 Å². The van der Waals surface area contributed by atoms with Crippen LogP contribution in [0.25, 0.3) is 0 Å². The Kier molecular flexibility index (Phi) is 18.8. The third-order valence-corrected chi connectivity index (χ3v) is 4.83. The van der Waals surface area contributed by atoms with Crippen LogP contribution in [0.15, 0.2) is 54.6 Å². The van der Waals surface area contributed by atoms with Gasteiger partial charge in [0.2, 0.25) is 0 Å². The first-order valence-corrected chi connectivity index (χ1v) is 12.2. The number of rotatable bonds is 16. The highest BCUT2D eigenvalue weighted by molar-refractivity contribution is 5.64. The van der Waals surface area contributed by atoms with Crippen molar-refractivity contribution in [1.82, 2.24) is 0 Å². The number of allylic oxidation sites excluding steroid dienone is 4. The normalized spacial score (nSPS) is 11.6. The van der Waals surface area contributed by atoms with Gasteiger partial charge in [-0.1, -0.05) is 93.7 Å². The highest BCUT2D eigenvalue weighted by atomic mass is 16.4. The Bertz CT molecular complexity index is 585. The van der Waals surface area contributed by atoms with Crippen molar-refractivity contribution in [3.8, 4) is 0 Å². The number of carbonyl (C=O) groups is 1. The molecule has 31 heavy (non-hydrogen) atoms. The number of carboxylic acids is 1. The van der Waals surface area contributed by atoms with E-state index in [1.54, 1.807) is 0 Å². The quantitative estimate of drug-likeness (QED) is 0.172. The van der Waals surface area contributed by atoms with Gasteiger partial charge in [-0.3, -0.25) is 0 Å². The Morgan fingerprint density at radius 1 is 0.806 bits per heavy atom. The van der Waals surface area contributed by atoms with Gasteiger partial charge in [-0.2, -0.15) is 0 Å². The molecule has 0 N–H and O–H groups in total. The second kappa shape index (κ2) is 20.1. The lowest BCUT2D eigenvalue weighted by Gasteiger charge is -2.23. The fourth-order valence-corrected chi connectivity index (χ4v) is 3.21. The molecule has 3 nitrogen and oxygen atoms in total. The highest BCUT2D eigenvalue weighted by Gasteiger charge is 2.06. The molecule has 0 amide bonds. The van der Waals surface area contributed by atoms with Crippen molar-refractivity contribution in [3.63, 3.8) is 0 Å². The Hall–Kier alpha value is -1.87. The molecule has 0 fully saturated rings. The van der Waals surface area contributed by atoms with Crippen molar-refractivity contribution >= 4 is 5.97 Å². The van der Waals surface area contributed by atoms with Gasteiger partial charge < -0.3 is 14.4 Å². The third kappa shape index (κ3) is 24.3. The van der Waals surface area contributed by atoms with E-state index in [-0.39, 0.29) is 6.42 Å². The maximum atomic E-state index is 10.2. The van der Waals surface area contributed by atoms with E-state index in [4.69, 9.17) is 0 Å². The average molecular weight is 430 g/mol. The van der Waals surface area contributed by atoms with E-state index in [0.717, 1.165) is 43.1 Å². The molecule has 0 aromatic heterocycles. The number of quaternary nitrogens is 1. The lowest BCUT2D eigenvalue weighted by atomic mass is 10.1. The van der Waals surface area contributed by atoms with Crippen LogP contribution in [0.2, 0.25) is 0 Å². The summed E-state index contributed by atoms with van der Waals surface area (Å²) in [4.78, 5) is 10.2. The monoisotopic (exact) mass is 429 g/mol. The van der Waals surface area contributed by atoms with Crippen molar-refractivity contribution in [2.24, 2.45) is 0 Å². The molecule has 176 valence electrons. The summed E-state index contributed by atoms with van der Waals surface area (Å²) in [6.07, 6.45) is 21.9. The first-order valence-electron chi connectivity index (χ1n) is 12.2. The second-order valence-electron chi connectivity index (χ2n) is 9.29. The van der Waals surface area contributed by atoms with E-state index in [1.807, 2.05) is 0 Å². The van der Waals surface area contributed by atoms with E-state index >= 15 is 0 Å². The van der Waals surface area contributed by atoms with E-state index in [2.05, 4.69) is 82.7 Å². The molecular formula is C28H47NO2. The standard InChI is InChI=1S/C18H32O2.C10H16N/c1-2-3-4-5-6-7-8-9-10-11-12-13-14-15-16-17-18(19)20;1-11(2,3)9-10-7-5-4-6-8-10/h6-7,9-10H,2-5,8,11-17H2,1H3,(H,19,20);4-8H,9H2,1-3H3/q;+1/p-1/b7-6-,10-9-;. The summed E-state index contributed by atoms with van der Waals surface area (Å²) in [6, 6.07) is 10.6. The largest absolute Gasteiger partial charge is 0.550 e. The Morgan fingerprint density at radius 2 is 1.35 bits per heavy atom. The Balaban J connectivity index is 0.000000683. The van der Waals surface area contributed by atoms with Crippen molar-refractivity contribution < 1.29 is 14.4 Å². The molecule has 0 unspecified atom stereocenters. The molecule has 1 rings (SSSR count). The van der Waals surface area contributed by atoms with Crippen LogP contribution in [0.1, 0.15) is 89.5 Å². The zero-order valence-corrected chi connectivity index (χ0v) is 20.7. The van der Waals surface area contributed by atoms with Crippen LogP contribution in [0.3, 0.4) is 0 Å². The minimum absolute atomic E-state index is 0.213. The zero-order chi connectivity index (χ0) is 23.2. The molecule has 0 radical (unpaired) electrons. The zero-order valence-electron chi connectivity index (χ0n) is 20.7. The van der Waals surface area contributed by atoms with Crippen LogP contribution >= 0.6 is 0 Å². The third-order valence-electron chi connectivity index (χ3n) is 4.83. The van der Waals surface area contributed by atoms with Crippen LogP contribution in [0.4, 0.5) is 0 Å². The Labute approximate surface area is 192 Å². The predicted octanol–water partition coefficient (Wildman–Crippen LogP) is 6.44. The van der Waals surface area contributed by atoms with Gasteiger partial charge in [0.05, 0.1) is 21.1 Å². The first kappa shape index (κ1) is 29.1. The fraction of sp³-hybridized carbons (Fsp3) is 0.607. The van der Waals surface area contributed by atoms with Gasteiger partial charge in [-0.05, 0) is 44.9 Å². The van der Waals surface area contributed by atoms with Gasteiger partial charge in [-0.25, -0.2) is 0 Å². The molecule has 0 aliphatic heterocycles. The van der Waals surface area contributed by atoms with Crippen LogP contribution < -0.4 is 5.11 Å². The van der Waals surface area contributed by atoms with Crippen LogP contribution in [0.5, 0.6) is 0 Å². The van der Waals surface area contributed by atoms with Crippen molar-refractivity contribution in [2.75, 3.05) is 21.1 Å². The minimum Gasteiger partial charge on any atom is -0.550 e. The summed E-state index contributed by atoms with van der Waals surface area (Å²) >= 11 is 0. The Morgan fingerprint density at radius 3 is 1.90 bits per heavy atom. The van der Waals surface area contributed by atoms with Crippen molar-refractivity contribution in [1.29, 1.82) is 0 Å². The molecule has 0 aliphatic rings. The summed E-state index contributed by atoms with van der Waals surface area (Å²) in [6.45, 7) is 3.33. The summed E-state index contributed by atoms with van der Waals surface area (Å²) < 4.78 is 0.990.